The predicted molar refractivity (Wildman–Crippen MR) is 129 cm³/mol. The lowest BCUT2D eigenvalue weighted by molar-refractivity contribution is -0.384. The average Bonchev–Trinajstić information content (AvgIpc) is 2.82. The molecule has 0 saturated carbocycles. The Morgan fingerprint density at radius 2 is 1.52 bits per heavy atom. The third-order valence-electron chi connectivity index (χ3n) is 5.12. The van der Waals surface area contributed by atoms with Gasteiger partial charge in [0.15, 0.2) is 0 Å². The van der Waals surface area contributed by atoms with Gasteiger partial charge in [0.2, 0.25) is 0 Å². The molecule has 9 nitrogen and oxygen atoms in total. The van der Waals surface area contributed by atoms with Gasteiger partial charge in [-0.1, -0.05) is 39.0 Å². The first-order valence-corrected chi connectivity index (χ1v) is 11.5. The maximum absolute atomic E-state index is 10.8. The maximum Gasteiger partial charge on any atom is 0.269 e. The smallest absolute Gasteiger partial charge is 0.269 e. The molecule has 0 aliphatic carbocycles. The summed E-state index contributed by atoms with van der Waals surface area (Å²) >= 11 is 0. The molecule has 2 rings (SSSR count). The second-order valence-corrected chi connectivity index (χ2v) is 7.68. The second-order valence-electron chi connectivity index (χ2n) is 7.68. The standard InChI is InChI=1S/C24H34N4O5/c1-2-3-4-5-6-7-18-33-24-19-21(10-13-23(24)27(14-16-29)15-17-30)26-25-20-8-11-22(12-9-20)28(31)32/h8-13,19,29-30H,2-7,14-18H2,1H3. The van der Waals surface area contributed by atoms with Crippen molar-refractivity contribution in [2.45, 2.75) is 45.4 Å². The largest absolute Gasteiger partial charge is 0.491 e. The number of aliphatic hydroxyl groups is 2. The molecule has 2 N–H and O–H groups in total. The highest BCUT2D eigenvalue weighted by Crippen LogP contribution is 2.33. The van der Waals surface area contributed by atoms with Crippen LogP contribution >= 0.6 is 0 Å². The highest BCUT2D eigenvalue weighted by Gasteiger charge is 2.13. The number of nitro groups is 1. The molecule has 0 radical (unpaired) electrons. The molecule has 180 valence electrons. The molecule has 0 amide bonds. The Hall–Kier alpha value is -3.04. The van der Waals surface area contributed by atoms with Gasteiger partial charge in [-0.25, -0.2) is 0 Å². The van der Waals surface area contributed by atoms with Gasteiger partial charge in [-0.15, -0.1) is 0 Å². The molecule has 0 bridgehead atoms. The number of hydrogen-bond acceptors (Lipinski definition) is 8. The van der Waals surface area contributed by atoms with Gasteiger partial charge in [0, 0.05) is 31.3 Å². The minimum absolute atomic E-state index is 0.00320. The molecule has 0 atom stereocenters. The lowest BCUT2D eigenvalue weighted by atomic mass is 10.1. The molecule has 9 heteroatoms. The number of hydrogen-bond donors (Lipinski definition) is 2. The third-order valence-corrected chi connectivity index (χ3v) is 5.12. The van der Waals surface area contributed by atoms with Gasteiger partial charge in [-0.3, -0.25) is 10.1 Å². The summed E-state index contributed by atoms with van der Waals surface area (Å²) in [6.45, 7) is 3.42. The lowest BCUT2D eigenvalue weighted by Gasteiger charge is -2.25. The number of nitro benzene ring substituents is 1. The van der Waals surface area contributed by atoms with Gasteiger partial charge in [0.05, 0.1) is 41.8 Å². The summed E-state index contributed by atoms with van der Waals surface area (Å²) in [5, 5.41) is 38.0. The molecule has 2 aromatic rings. The van der Waals surface area contributed by atoms with Crippen molar-refractivity contribution in [1.29, 1.82) is 0 Å². The Morgan fingerprint density at radius 1 is 0.909 bits per heavy atom. The van der Waals surface area contributed by atoms with Crippen molar-refractivity contribution in [3.05, 3.63) is 52.6 Å². The Balaban J connectivity index is 2.13. The molecule has 2 aromatic carbocycles. The van der Waals surface area contributed by atoms with Crippen LogP contribution in [0.25, 0.3) is 0 Å². The molecule has 0 aliphatic rings. The summed E-state index contributed by atoms with van der Waals surface area (Å²) in [5.41, 5.74) is 1.85. The highest BCUT2D eigenvalue weighted by atomic mass is 16.6. The Labute approximate surface area is 194 Å². The Morgan fingerprint density at radius 3 is 2.15 bits per heavy atom. The van der Waals surface area contributed by atoms with Crippen LogP contribution in [0, 0.1) is 10.1 Å². The summed E-state index contributed by atoms with van der Waals surface area (Å²) in [6.07, 6.45) is 6.94. The lowest BCUT2D eigenvalue weighted by Crippen LogP contribution is -2.30. The summed E-state index contributed by atoms with van der Waals surface area (Å²) in [6, 6.07) is 11.2. The number of anilines is 1. The average molecular weight is 459 g/mol. The van der Waals surface area contributed by atoms with Gasteiger partial charge in [-0.2, -0.15) is 10.2 Å². The fourth-order valence-corrected chi connectivity index (χ4v) is 3.36. The quantitative estimate of drug-likeness (QED) is 0.147. The predicted octanol–water partition coefficient (Wildman–Crippen LogP) is 5.54. The van der Waals surface area contributed by atoms with E-state index in [4.69, 9.17) is 4.74 Å². The second kappa shape index (κ2) is 14.9. The van der Waals surface area contributed by atoms with E-state index in [1.165, 1.54) is 49.9 Å². The van der Waals surface area contributed by atoms with E-state index in [1.54, 1.807) is 12.1 Å². The first-order valence-electron chi connectivity index (χ1n) is 11.5. The number of ether oxygens (including phenoxy) is 1. The van der Waals surface area contributed by atoms with E-state index in [2.05, 4.69) is 17.2 Å². The van der Waals surface area contributed by atoms with Crippen LogP contribution in [0.5, 0.6) is 5.75 Å². The molecule has 0 aliphatic heterocycles. The van der Waals surface area contributed by atoms with Crippen molar-refractivity contribution in [3.63, 3.8) is 0 Å². The summed E-state index contributed by atoms with van der Waals surface area (Å²) in [4.78, 5) is 12.2. The molecule has 0 unspecified atom stereocenters. The van der Waals surface area contributed by atoms with Crippen LogP contribution in [-0.4, -0.2) is 48.0 Å². The van der Waals surface area contributed by atoms with E-state index < -0.39 is 4.92 Å². The minimum atomic E-state index is -0.461. The molecular formula is C24H34N4O5. The number of unbranched alkanes of at least 4 members (excludes halogenated alkanes) is 5. The molecular weight excluding hydrogens is 424 g/mol. The molecule has 0 heterocycles. The number of aliphatic hydroxyl groups excluding tert-OH is 2. The zero-order valence-corrected chi connectivity index (χ0v) is 19.2. The first-order chi connectivity index (χ1) is 16.1. The van der Waals surface area contributed by atoms with Gasteiger partial charge < -0.3 is 19.8 Å². The van der Waals surface area contributed by atoms with Crippen LogP contribution in [0.1, 0.15) is 45.4 Å². The maximum atomic E-state index is 10.8. The van der Waals surface area contributed by atoms with E-state index in [0.717, 1.165) is 18.5 Å². The monoisotopic (exact) mass is 458 g/mol. The molecule has 0 aromatic heterocycles. The molecule has 0 fully saturated rings. The number of azo groups is 1. The molecule has 0 spiro atoms. The number of rotatable bonds is 16. The fourth-order valence-electron chi connectivity index (χ4n) is 3.36. The normalized spacial score (nSPS) is 11.1. The minimum Gasteiger partial charge on any atom is -0.491 e. The fraction of sp³-hybridized carbons (Fsp3) is 0.500. The number of benzene rings is 2. The van der Waals surface area contributed by atoms with Crippen LogP contribution in [0.15, 0.2) is 52.7 Å². The van der Waals surface area contributed by atoms with Gasteiger partial charge in [-0.05, 0) is 30.7 Å². The first kappa shape index (κ1) is 26.2. The highest BCUT2D eigenvalue weighted by molar-refractivity contribution is 5.64. The number of nitrogens with zero attached hydrogens (tertiary/aromatic N) is 4. The zero-order chi connectivity index (χ0) is 23.9. The van der Waals surface area contributed by atoms with Crippen LogP contribution in [0.4, 0.5) is 22.7 Å². The van der Waals surface area contributed by atoms with Gasteiger partial charge in [0.25, 0.3) is 5.69 Å². The summed E-state index contributed by atoms with van der Waals surface area (Å²) in [7, 11) is 0. The Kier molecular flexibility index (Phi) is 11.8. The van der Waals surface area contributed by atoms with Crippen molar-refractivity contribution in [1.82, 2.24) is 0 Å². The topological polar surface area (TPSA) is 121 Å². The van der Waals surface area contributed by atoms with Crippen LogP contribution in [-0.2, 0) is 0 Å². The van der Waals surface area contributed by atoms with E-state index >= 15 is 0 Å². The Bertz CT molecular complexity index is 868. The van der Waals surface area contributed by atoms with E-state index in [-0.39, 0.29) is 18.9 Å². The summed E-state index contributed by atoms with van der Waals surface area (Å²) in [5.74, 6) is 0.616. The van der Waals surface area contributed by atoms with E-state index in [1.807, 2.05) is 11.0 Å². The van der Waals surface area contributed by atoms with Crippen LogP contribution in [0.3, 0.4) is 0 Å². The third kappa shape index (κ3) is 9.15. The van der Waals surface area contributed by atoms with Crippen molar-refractivity contribution in [3.8, 4) is 5.75 Å². The van der Waals surface area contributed by atoms with Crippen LogP contribution in [0.2, 0.25) is 0 Å². The summed E-state index contributed by atoms with van der Waals surface area (Å²) < 4.78 is 6.07. The van der Waals surface area contributed by atoms with Gasteiger partial charge >= 0.3 is 0 Å². The number of non-ortho nitro benzene ring substituents is 1. The van der Waals surface area contributed by atoms with Gasteiger partial charge in [0.1, 0.15) is 5.75 Å². The van der Waals surface area contributed by atoms with Crippen LogP contribution < -0.4 is 9.64 Å². The van der Waals surface area contributed by atoms with E-state index in [9.17, 15) is 20.3 Å². The van der Waals surface area contributed by atoms with Crippen molar-refractivity contribution < 1.29 is 19.9 Å². The van der Waals surface area contributed by atoms with Crippen molar-refractivity contribution >= 4 is 22.7 Å². The van der Waals surface area contributed by atoms with E-state index in [0.29, 0.717) is 36.8 Å². The van der Waals surface area contributed by atoms with Crippen molar-refractivity contribution in [2.75, 3.05) is 37.8 Å². The van der Waals surface area contributed by atoms with Crippen molar-refractivity contribution in [2.24, 2.45) is 10.2 Å². The molecule has 33 heavy (non-hydrogen) atoms. The SMILES string of the molecule is CCCCCCCCOc1cc(N=Nc2ccc([N+](=O)[O-])cc2)ccc1N(CCO)CCO. The molecule has 0 saturated heterocycles. The zero-order valence-electron chi connectivity index (χ0n) is 19.2.